The van der Waals surface area contributed by atoms with Crippen LogP contribution in [-0.4, -0.2) is 18.6 Å². The average molecular weight is 728 g/mol. The molecule has 4 heteroatoms. The van der Waals surface area contributed by atoms with E-state index in [4.69, 9.17) is 0 Å². The van der Waals surface area contributed by atoms with Gasteiger partial charge < -0.3 is 4.90 Å². The van der Waals surface area contributed by atoms with Crippen molar-refractivity contribution in [2.75, 3.05) is 4.90 Å². The van der Waals surface area contributed by atoms with E-state index in [9.17, 15) is 0 Å². The third kappa shape index (κ3) is 4.83. The normalized spacial score (nSPS) is 29.7. The molecule has 1 nitrogen and oxygen atoms in total. The summed E-state index contributed by atoms with van der Waals surface area (Å²) in [4.78, 5) is 5.89. The van der Waals surface area contributed by atoms with E-state index in [-0.39, 0.29) is 0 Å². The fourth-order valence-electron chi connectivity index (χ4n) is 10.6. The minimum Gasteiger partial charge on any atom is -0.315 e. The molecule has 1 fully saturated rings. The predicted octanol–water partition coefficient (Wildman–Crippen LogP) is 12.2. The van der Waals surface area contributed by atoms with Crippen LogP contribution in [0.25, 0.3) is 17.2 Å². The number of fused-ring (bicyclic) bond motifs is 9. The summed E-state index contributed by atoms with van der Waals surface area (Å²) in [5.41, 5.74) is 16.9. The van der Waals surface area contributed by atoms with Gasteiger partial charge in [0.25, 0.3) is 0 Å². The minimum atomic E-state index is -1.81. The van der Waals surface area contributed by atoms with Crippen LogP contribution in [0, 0.1) is 11.8 Å². The van der Waals surface area contributed by atoms with Crippen molar-refractivity contribution in [2.24, 2.45) is 11.8 Å². The minimum absolute atomic E-state index is 0.441. The summed E-state index contributed by atoms with van der Waals surface area (Å²) in [6.45, 7) is 5.31. The van der Waals surface area contributed by atoms with Crippen LogP contribution in [-0.2, 0) is 6.42 Å². The zero-order valence-electron chi connectivity index (χ0n) is 30.1. The molecule has 0 bridgehead atoms. The van der Waals surface area contributed by atoms with E-state index in [1.807, 2.05) is 0 Å². The zero-order valence-corrected chi connectivity index (χ0v) is 32.8. The van der Waals surface area contributed by atoms with Gasteiger partial charge in [0.15, 0.2) is 0 Å². The SMILES string of the molecule is C[Si]1(C)c2cc(N(C3=CC4C5=C(CCC=C5)SC4C=C3)C3=CC(c4cccc5c4CCC=C5)=CCC3)ccc2C2=C3SC4C=CC=CC4C3=CCC21. The fraction of sp³-hybridized carbons (Fsp3) is 0.292. The van der Waals surface area contributed by atoms with E-state index in [1.165, 1.54) is 58.6 Å². The van der Waals surface area contributed by atoms with Crippen molar-refractivity contribution >= 4 is 59.7 Å². The summed E-state index contributed by atoms with van der Waals surface area (Å²) in [7, 11) is -1.81. The van der Waals surface area contributed by atoms with Crippen LogP contribution in [0.2, 0.25) is 18.6 Å². The summed E-state index contributed by atoms with van der Waals surface area (Å²) in [6, 6.07) is 14.6. The Morgan fingerprint density at radius 2 is 1.67 bits per heavy atom. The Morgan fingerprint density at radius 1 is 0.788 bits per heavy atom. The highest BCUT2D eigenvalue weighted by Gasteiger charge is 2.50. The lowest BCUT2D eigenvalue weighted by molar-refractivity contribution is 0.785. The molecule has 2 aromatic carbocycles. The summed E-state index contributed by atoms with van der Waals surface area (Å²) < 4.78 is 0. The van der Waals surface area contributed by atoms with E-state index in [0.29, 0.717) is 27.9 Å². The Labute approximate surface area is 318 Å². The van der Waals surface area contributed by atoms with Crippen LogP contribution >= 0.6 is 23.5 Å². The second-order valence-corrected chi connectivity index (χ2v) is 23.5. The van der Waals surface area contributed by atoms with Crippen molar-refractivity contribution in [2.45, 2.75) is 74.1 Å². The molecular weight excluding hydrogens is 683 g/mol. The molecule has 1 saturated heterocycles. The molecule has 2 aromatic rings. The average Bonchev–Trinajstić information content (AvgIpc) is 3.82. The molecule has 0 N–H and O–H groups in total. The zero-order chi connectivity index (χ0) is 34.6. The predicted molar refractivity (Wildman–Crippen MR) is 229 cm³/mol. The third-order valence-corrected chi connectivity index (χ3v) is 20.1. The summed E-state index contributed by atoms with van der Waals surface area (Å²) in [6.07, 6.45) is 42.1. The van der Waals surface area contributed by atoms with Crippen LogP contribution < -0.4 is 10.1 Å². The maximum Gasteiger partial charge on any atom is 0.0892 e. The Balaban J connectivity index is 1.05. The van der Waals surface area contributed by atoms with Gasteiger partial charge in [0.1, 0.15) is 0 Å². The lowest BCUT2D eigenvalue weighted by atomic mass is 9.84. The quantitative estimate of drug-likeness (QED) is 0.289. The molecule has 0 aromatic heterocycles. The molecule has 3 aliphatic heterocycles. The first-order chi connectivity index (χ1) is 25.5. The number of benzene rings is 2. The van der Waals surface area contributed by atoms with Crippen molar-refractivity contribution in [3.05, 3.63) is 170 Å². The summed E-state index contributed by atoms with van der Waals surface area (Å²) >= 11 is 4.25. The number of thioether (sulfide) groups is 2. The van der Waals surface area contributed by atoms with Gasteiger partial charge in [-0.1, -0.05) is 110 Å². The van der Waals surface area contributed by atoms with Crippen molar-refractivity contribution < 1.29 is 0 Å². The van der Waals surface area contributed by atoms with Crippen LogP contribution in [0.1, 0.15) is 60.8 Å². The molecule has 258 valence electrons. The molecule has 6 aliphatic carbocycles. The monoisotopic (exact) mass is 727 g/mol. The Hall–Kier alpha value is -3.70. The van der Waals surface area contributed by atoms with E-state index in [0.717, 1.165) is 25.7 Å². The van der Waals surface area contributed by atoms with Gasteiger partial charge in [0.05, 0.1) is 8.07 Å². The van der Waals surface area contributed by atoms with Crippen LogP contribution in [0.15, 0.2) is 148 Å². The number of hydrogen-bond acceptors (Lipinski definition) is 3. The number of rotatable bonds is 4. The van der Waals surface area contributed by atoms with E-state index < -0.39 is 8.07 Å². The second kappa shape index (κ2) is 12.2. The molecular formula is C48H45NS2Si. The number of anilines is 1. The Kier molecular flexibility index (Phi) is 7.44. The summed E-state index contributed by atoms with van der Waals surface area (Å²) in [5.74, 6) is 0.975. The van der Waals surface area contributed by atoms with E-state index in [2.05, 4.69) is 163 Å². The fourth-order valence-corrected chi connectivity index (χ4v) is 17.2. The van der Waals surface area contributed by atoms with Gasteiger partial charge in [-0.15, -0.1) is 23.5 Å². The largest absolute Gasteiger partial charge is 0.315 e. The smallest absolute Gasteiger partial charge is 0.0892 e. The van der Waals surface area contributed by atoms with Crippen LogP contribution in [0.5, 0.6) is 0 Å². The molecule has 0 amide bonds. The van der Waals surface area contributed by atoms with Gasteiger partial charge in [-0.25, -0.2) is 0 Å². The first-order valence-electron chi connectivity index (χ1n) is 19.6. The number of hydrogen-bond donors (Lipinski definition) is 0. The molecule has 0 radical (unpaired) electrons. The molecule has 11 rings (SSSR count). The van der Waals surface area contributed by atoms with Gasteiger partial charge >= 0.3 is 0 Å². The molecule has 3 heterocycles. The van der Waals surface area contributed by atoms with Gasteiger partial charge in [-0.05, 0) is 129 Å². The molecule has 5 atom stereocenters. The highest BCUT2D eigenvalue weighted by molar-refractivity contribution is 8.04. The van der Waals surface area contributed by atoms with Gasteiger partial charge in [0.2, 0.25) is 0 Å². The number of nitrogens with zero attached hydrogens (tertiary/aromatic N) is 1. The standard InChI is InChI=1S/C48H45NS2Si/c1-52(2)45-26-24-39-37-16-5-8-20-43(37)51-48(39)47(45)40-23-21-34(29-46(40)52)49(33-22-25-44-41(28-33)38-17-6-7-19-42(38)50-44)32-14-9-13-31(27-32)36-18-10-12-30-11-3-4-15-35(30)36/h3,5-6,8,10-13,16-18,20-25,27-29,37,41,43-45H,4,7,9,14-15,19,26H2,1-2H3. The van der Waals surface area contributed by atoms with Crippen LogP contribution in [0.3, 0.4) is 0 Å². The van der Waals surface area contributed by atoms with E-state index >= 15 is 0 Å². The highest BCUT2D eigenvalue weighted by atomic mass is 32.2. The lowest BCUT2D eigenvalue weighted by Crippen LogP contribution is -2.42. The van der Waals surface area contributed by atoms with Crippen molar-refractivity contribution in [1.82, 2.24) is 0 Å². The third-order valence-electron chi connectivity index (χ3n) is 13.2. The van der Waals surface area contributed by atoms with Crippen molar-refractivity contribution in [3.8, 4) is 0 Å². The first kappa shape index (κ1) is 31.8. The molecule has 0 saturated carbocycles. The van der Waals surface area contributed by atoms with Gasteiger partial charge in [0, 0.05) is 44.3 Å². The summed E-state index contributed by atoms with van der Waals surface area (Å²) in [5, 5.41) is 2.72. The van der Waals surface area contributed by atoms with E-state index in [1.54, 1.807) is 37.3 Å². The molecule has 52 heavy (non-hydrogen) atoms. The molecule has 5 unspecified atom stereocenters. The van der Waals surface area contributed by atoms with Crippen molar-refractivity contribution in [3.63, 3.8) is 0 Å². The molecule has 0 spiro atoms. The van der Waals surface area contributed by atoms with Gasteiger partial charge in [-0.2, -0.15) is 0 Å². The number of allylic oxidation sites excluding steroid dienone is 17. The Bertz CT molecular complexity index is 2300. The highest BCUT2D eigenvalue weighted by Crippen LogP contribution is 2.60. The van der Waals surface area contributed by atoms with Gasteiger partial charge in [-0.3, -0.25) is 0 Å². The van der Waals surface area contributed by atoms with Crippen LogP contribution in [0.4, 0.5) is 5.69 Å². The van der Waals surface area contributed by atoms with Crippen molar-refractivity contribution in [1.29, 1.82) is 0 Å². The topological polar surface area (TPSA) is 3.24 Å². The Morgan fingerprint density at radius 3 is 2.63 bits per heavy atom. The second-order valence-electron chi connectivity index (χ2n) is 16.4. The maximum atomic E-state index is 2.67. The maximum absolute atomic E-state index is 2.67. The molecule has 9 aliphatic rings. The lowest BCUT2D eigenvalue weighted by Gasteiger charge is -2.34. The first-order valence-corrected chi connectivity index (χ1v) is 24.4.